The quantitative estimate of drug-likeness (QED) is 0.809. The highest BCUT2D eigenvalue weighted by Gasteiger charge is 2.40. The van der Waals surface area contributed by atoms with Gasteiger partial charge in [0.05, 0.1) is 5.54 Å². The summed E-state index contributed by atoms with van der Waals surface area (Å²) in [6, 6.07) is 0. The third-order valence-corrected chi connectivity index (χ3v) is 6.61. The van der Waals surface area contributed by atoms with Crippen molar-refractivity contribution in [3.8, 4) is 0 Å². The van der Waals surface area contributed by atoms with Gasteiger partial charge in [0.1, 0.15) is 5.37 Å². The first-order valence-electron chi connectivity index (χ1n) is 6.05. The Kier molecular flexibility index (Phi) is 5.08. The van der Waals surface area contributed by atoms with E-state index >= 15 is 0 Å². The van der Waals surface area contributed by atoms with E-state index < -0.39 is 20.8 Å². The second-order valence-corrected chi connectivity index (χ2v) is 8.45. The van der Waals surface area contributed by atoms with Crippen molar-refractivity contribution in [1.29, 1.82) is 0 Å². The van der Waals surface area contributed by atoms with Crippen LogP contribution in [0.25, 0.3) is 0 Å². The van der Waals surface area contributed by atoms with Crippen LogP contribution < -0.4 is 5.32 Å². The molecule has 1 heterocycles. The molecule has 0 aromatic heterocycles. The number of hydrogen-bond donors (Lipinski definition) is 1. The molecule has 1 N–H and O–H groups in total. The van der Waals surface area contributed by atoms with Crippen LogP contribution in [0.3, 0.4) is 0 Å². The summed E-state index contributed by atoms with van der Waals surface area (Å²) < 4.78 is 24.1. The third kappa shape index (κ3) is 3.19. The summed E-state index contributed by atoms with van der Waals surface area (Å²) in [7, 11) is -1.52. The molecule has 0 bridgehead atoms. The number of nitrogens with zero attached hydrogens (tertiary/aromatic N) is 1. The Morgan fingerprint density at radius 2 is 2.11 bits per heavy atom. The van der Waals surface area contributed by atoms with E-state index in [1.54, 1.807) is 39.6 Å². The first kappa shape index (κ1) is 15.8. The molecule has 0 aromatic carbocycles. The van der Waals surface area contributed by atoms with Gasteiger partial charge in [-0.05, 0) is 20.9 Å². The molecule has 1 aliphatic rings. The molecule has 0 aromatic rings. The first-order chi connectivity index (χ1) is 8.26. The van der Waals surface area contributed by atoms with Crippen LogP contribution in [0.15, 0.2) is 0 Å². The molecule has 1 unspecified atom stereocenters. The zero-order valence-corrected chi connectivity index (χ0v) is 13.0. The molecule has 7 heteroatoms. The minimum absolute atomic E-state index is 0.0714. The predicted molar refractivity (Wildman–Crippen MR) is 75.4 cm³/mol. The van der Waals surface area contributed by atoms with E-state index in [1.807, 2.05) is 0 Å². The van der Waals surface area contributed by atoms with Gasteiger partial charge in [0.25, 0.3) is 0 Å². The molecule has 0 radical (unpaired) electrons. The minimum Gasteiger partial charge on any atom is -0.322 e. The number of hydrogen-bond acceptors (Lipinski definition) is 5. The van der Waals surface area contributed by atoms with Crippen molar-refractivity contribution in [3.63, 3.8) is 0 Å². The van der Waals surface area contributed by atoms with Gasteiger partial charge in [0.15, 0.2) is 9.84 Å². The van der Waals surface area contributed by atoms with Crippen molar-refractivity contribution in [1.82, 2.24) is 10.2 Å². The van der Waals surface area contributed by atoms with Crippen LogP contribution >= 0.6 is 11.8 Å². The molecule has 1 rings (SSSR count). The molecule has 18 heavy (non-hydrogen) atoms. The maximum absolute atomic E-state index is 12.4. The highest BCUT2D eigenvalue weighted by atomic mass is 32.2. The fraction of sp³-hybridized carbons (Fsp3) is 0.909. The molecule has 0 saturated carbocycles. The third-order valence-electron chi connectivity index (χ3n) is 3.32. The number of rotatable bonds is 4. The lowest BCUT2D eigenvalue weighted by Gasteiger charge is -2.39. The number of carbonyl (C=O) groups is 1. The largest absolute Gasteiger partial charge is 0.322 e. The predicted octanol–water partition coefficient (Wildman–Crippen LogP) is 0.321. The van der Waals surface area contributed by atoms with Crippen LogP contribution in [-0.4, -0.2) is 61.0 Å². The fourth-order valence-electron chi connectivity index (χ4n) is 1.77. The minimum atomic E-state index is -3.23. The first-order valence-corrected chi connectivity index (χ1v) is 8.92. The summed E-state index contributed by atoms with van der Waals surface area (Å²) in [5, 5.41) is 2.26. The van der Waals surface area contributed by atoms with Crippen LogP contribution in [-0.2, 0) is 14.6 Å². The number of nitrogens with one attached hydrogen (secondary N) is 1. The van der Waals surface area contributed by atoms with Gasteiger partial charge < -0.3 is 10.2 Å². The Labute approximate surface area is 114 Å². The fourth-order valence-corrected chi connectivity index (χ4v) is 4.73. The standard InChI is InChI=1S/C11H22N2O3S2/c1-5-18(15,16)9-8-17-7-6-13(9)10(14)11(2,3)12-4/h9,12H,5-8H2,1-4H3. The topological polar surface area (TPSA) is 66.5 Å². The summed E-state index contributed by atoms with van der Waals surface area (Å²) in [5.41, 5.74) is -0.733. The van der Waals surface area contributed by atoms with Gasteiger partial charge >= 0.3 is 0 Å². The summed E-state index contributed by atoms with van der Waals surface area (Å²) >= 11 is 1.59. The van der Waals surface area contributed by atoms with Crippen molar-refractivity contribution in [2.75, 3.05) is 30.9 Å². The highest BCUT2D eigenvalue weighted by Crippen LogP contribution is 2.24. The van der Waals surface area contributed by atoms with Crippen molar-refractivity contribution >= 4 is 27.5 Å². The molecule has 1 aliphatic heterocycles. The Morgan fingerprint density at radius 3 is 2.61 bits per heavy atom. The zero-order valence-electron chi connectivity index (χ0n) is 11.4. The van der Waals surface area contributed by atoms with Gasteiger partial charge in [-0.3, -0.25) is 4.79 Å². The van der Waals surface area contributed by atoms with Crippen LogP contribution in [0, 0.1) is 0 Å². The molecule has 1 saturated heterocycles. The maximum atomic E-state index is 12.4. The molecule has 0 spiro atoms. The SMILES string of the molecule is CCS(=O)(=O)C1CSCCN1C(=O)C(C)(C)NC. The summed E-state index contributed by atoms with van der Waals surface area (Å²) in [6.07, 6.45) is 0. The maximum Gasteiger partial charge on any atom is 0.243 e. The second kappa shape index (κ2) is 5.79. The van der Waals surface area contributed by atoms with Crippen LogP contribution in [0.5, 0.6) is 0 Å². The Bertz CT molecular complexity index is 407. The molecular formula is C11H22N2O3S2. The van der Waals surface area contributed by atoms with E-state index in [9.17, 15) is 13.2 Å². The van der Waals surface area contributed by atoms with E-state index in [-0.39, 0.29) is 11.7 Å². The molecule has 1 fully saturated rings. The van der Waals surface area contributed by atoms with Gasteiger partial charge in [-0.15, -0.1) is 0 Å². The number of likely N-dealkylation sites (N-methyl/N-ethyl adjacent to an activating group) is 1. The Morgan fingerprint density at radius 1 is 1.50 bits per heavy atom. The van der Waals surface area contributed by atoms with Gasteiger partial charge in [-0.2, -0.15) is 11.8 Å². The monoisotopic (exact) mass is 294 g/mol. The van der Waals surface area contributed by atoms with E-state index in [2.05, 4.69) is 5.32 Å². The average molecular weight is 294 g/mol. The Hall–Kier alpha value is -0.270. The van der Waals surface area contributed by atoms with Crippen molar-refractivity contribution in [2.45, 2.75) is 31.7 Å². The van der Waals surface area contributed by atoms with Crippen molar-refractivity contribution < 1.29 is 13.2 Å². The molecule has 106 valence electrons. The highest BCUT2D eigenvalue weighted by molar-refractivity contribution is 8.01. The lowest BCUT2D eigenvalue weighted by atomic mass is 10.0. The van der Waals surface area contributed by atoms with Crippen LogP contribution in [0.1, 0.15) is 20.8 Å². The average Bonchev–Trinajstić information content (AvgIpc) is 2.37. The molecule has 1 atom stereocenters. The number of thioether (sulfide) groups is 1. The van der Waals surface area contributed by atoms with Gasteiger partial charge in [0, 0.05) is 23.8 Å². The van der Waals surface area contributed by atoms with Crippen LogP contribution in [0.2, 0.25) is 0 Å². The smallest absolute Gasteiger partial charge is 0.243 e. The normalized spacial score (nSPS) is 22.0. The molecule has 1 amide bonds. The number of carbonyl (C=O) groups excluding carboxylic acids is 1. The zero-order chi connectivity index (χ0) is 14.0. The number of amides is 1. The van der Waals surface area contributed by atoms with Crippen molar-refractivity contribution in [3.05, 3.63) is 0 Å². The van der Waals surface area contributed by atoms with Gasteiger partial charge in [0.2, 0.25) is 5.91 Å². The van der Waals surface area contributed by atoms with Gasteiger partial charge in [-0.1, -0.05) is 6.92 Å². The number of sulfone groups is 1. The van der Waals surface area contributed by atoms with E-state index in [4.69, 9.17) is 0 Å². The van der Waals surface area contributed by atoms with E-state index in [0.717, 1.165) is 5.75 Å². The summed E-state index contributed by atoms with van der Waals surface area (Å²) in [5.74, 6) is 1.19. The lowest BCUT2D eigenvalue weighted by Crippen LogP contribution is -2.59. The summed E-state index contributed by atoms with van der Waals surface area (Å²) in [6.45, 7) is 5.67. The van der Waals surface area contributed by atoms with E-state index in [0.29, 0.717) is 12.3 Å². The molecule has 5 nitrogen and oxygen atoms in total. The molecular weight excluding hydrogens is 272 g/mol. The second-order valence-electron chi connectivity index (χ2n) is 4.85. The van der Waals surface area contributed by atoms with Gasteiger partial charge in [-0.25, -0.2) is 8.42 Å². The molecule has 0 aliphatic carbocycles. The lowest BCUT2D eigenvalue weighted by molar-refractivity contribution is -0.137. The summed E-state index contributed by atoms with van der Waals surface area (Å²) in [4.78, 5) is 13.9. The Balaban J connectivity index is 3.01. The van der Waals surface area contributed by atoms with Crippen LogP contribution in [0.4, 0.5) is 0 Å². The van der Waals surface area contributed by atoms with E-state index in [1.165, 1.54) is 4.90 Å². The van der Waals surface area contributed by atoms with Crippen molar-refractivity contribution in [2.24, 2.45) is 0 Å².